The summed E-state index contributed by atoms with van der Waals surface area (Å²) in [4.78, 5) is 19.6. The van der Waals surface area contributed by atoms with Gasteiger partial charge in [-0.05, 0) is 41.5 Å². The van der Waals surface area contributed by atoms with Crippen molar-refractivity contribution in [2.75, 3.05) is 45.2 Å². The highest BCUT2D eigenvalue weighted by molar-refractivity contribution is 9.10. The van der Waals surface area contributed by atoms with Crippen LogP contribution in [0.25, 0.3) is 0 Å². The highest BCUT2D eigenvalue weighted by Crippen LogP contribution is 2.30. The van der Waals surface area contributed by atoms with E-state index in [2.05, 4.69) is 75.4 Å². The minimum Gasteiger partial charge on any atom is -0.378 e. The molecular weight excluding hydrogens is 450 g/mol. The number of halogens is 1. The third kappa shape index (κ3) is 5.00. The van der Waals surface area contributed by atoms with Crippen LogP contribution in [0.1, 0.15) is 27.5 Å². The Balaban J connectivity index is 1.51. The van der Waals surface area contributed by atoms with Crippen molar-refractivity contribution in [2.45, 2.75) is 6.04 Å². The molecule has 0 saturated carbocycles. The van der Waals surface area contributed by atoms with Crippen molar-refractivity contribution in [3.63, 3.8) is 0 Å². The molecule has 1 saturated heterocycles. The first-order chi connectivity index (χ1) is 15.0. The molecule has 0 N–H and O–H groups in total. The Labute approximate surface area is 193 Å². The lowest BCUT2D eigenvalue weighted by Crippen LogP contribution is -2.49. The molecule has 1 amide bonds. The molecule has 0 aromatic heterocycles. The zero-order valence-electron chi connectivity index (χ0n) is 18.0. The van der Waals surface area contributed by atoms with Crippen molar-refractivity contribution in [3.05, 3.63) is 100 Å². The van der Waals surface area contributed by atoms with Crippen LogP contribution in [-0.4, -0.2) is 56.0 Å². The van der Waals surface area contributed by atoms with Gasteiger partial charge in [0.05, 0.1) is 6.04 Å². The highest BCUT2D eigenvalue weighted by Gasteiger charge is 2.28. The van der Waals surface area contributed by atoms with E-state index in [9.17, 15) is 4.79 Å². The predicted molar refractivity (Wildman–Crippen MR) is 131 cm³/mol. The van der Waals surface area contributed by atoms with Gasteiger partial charge in [-0.2, -0.15) is 0 Å². The van der Waals surface area contributed by atoms with E-state index in [0.717, 1.165) is 41.9 Å². The van der Waals surface area contributed by atoms with Crippen molar-refractivity contribution < 1.29 is 4.79 Å². The summed E-state index contributed by atoms with van der Waals surface area (Å²) >= 11 is 3.55. The van der Waals surface area contributed by atoms with Gasteiger partial charge in [-0.1, -0.05) is 64.5 Å². The van der Waals surface area contributed by atoms with Gasteiger partial charge in [-0.25, -0.2) is 0 Å². The molecule has 31 heavy (non-hydrogen) atoms. The first-order valence-electron chi connectivity index (χ1n) is 10.6. The molecule has 1 aliphatic heterocycles. The molecular formula is C26H28BrN3O. The second-order valence-electron chi connectivity index (χ2n) is 8.14. The van der Waals surface area contributed by atoms with Crippen LogP contribution in [-0.2, 0) is 0 Å². The summed E-state index contributed by atoms with van der Waals surface area (Å²) < 4.78 is 1.08. The largest absolute Gasteiger partial charge is 0.378 e. The molecule has 160 valence electrons. The smallest absolute Gasteiger partial charge is 0.254 e. The standard InChI is InChI=1S/C26H28BrN3O/c1-28(2)24-10-6-9-22(19-24)26(31)30-17-15-29(16-18-30)25(20-7-4-3-5-8-20)21-11-13-23(27)14-12-21/h3-14,19,25H,15-18H2,1-2H3/t25-/m1/s1. The van der Waals surface area contributed by atoms with E-state index in [1.807, 2.05) is 48.2 Å². The number of carbonyl (C=O) groups excluding carboxylic acids is 1. The van der Waals surface area contributed by atoms with Gasteiger partial charge >= 0.3 is 0 Å². The topological polar surface area (TPSA) is 26.8 Å². The molecule has 1 aliphatic rings. The summed E-state index contributed by atoms with van der Waals surface area (Å²) in [6.07, 6.45) is 0. The van der Waals surface area contributed by atoms with Crippen LogP contribution in [0.3, 0.4) is 0 Å². The molecule has 4 rings (SSSR count). The molecule has 0 spiro atoms. The van der Waals surface area contributed by atoms with Crippen LogP contribution in [0.4, 0.5) is 5.69 Å². The molecule has 1 fully saturated rings. The minimum atomic E-state index is 0.114. The maximum atomic E-state index is 13.1. The summed E-state index contributed by atoms with van der Waals surface area (Å²) in [5.74, 6) is 0.114. The van der Waals surface area contributed by atoms with E-state index in [0.29, 0.717) is 0 Å². The molecule has 4 nitrogen and oxygen atoms in total. The monoisotopic (exact) mass is 477 g/mol. The molecule has 0 radical (unpaired) electrons. The Morgan fingerprint density at radius 2 is 1.48 bits per heavy atom. The van der Waals surface area contributed by atoms with Crippen molar-refractivity contribution in [1.82, 2.24) is 9.80 Å². The Hall–Kier alpha value is -2.63. The molecule has 1 heterocycles. The third-order valence-corrected chi connectivity index (χ3v) is 6.41. The molecule has 0 bridgehead atoms. The van der Waals surface area contributed by atoms with Gasteiger partial charge in [0, 0.05) is 56.0 Å². The third-order valence-electron chi connectivity index (χ3n) is 5.88. The normalized spacial score (nSPS) is 15.5. The SMILES string of the molecule is CN(C)c1cccc(C(=O)N2CCN([C@H](c3ccccc3)c3ccc(Br)cc3)CC2)c1. The number of hydrogen-bond donors (Lipinski definition) is 0. The summed E-state index contributed by atoms with van der Waals surface area (Å²) in [6, 6.07) is 27.3. The Morgan fingerprint density at radius 3 is 2.13 bits per heavy atom. The zero-order valence-corrected chi connectivity index (χ0v) is 19.6. The lowest BCUT2D eigenvalue weighted by atomic mass is 9.96. The first kappa shape index (κ1) is 21.6. The fourth-order valence-corrected chi connectivity index (χ4v) is 4.44. The average Bonchev–Trinajstić information content (AvgIpc) is 2.81. The molecule has 0 aliphatic carbocycles. The predicted octanol–water partition coefficient (Wildman–Crippen LogP) is 5.06. The van der Waals surface area contributed by atoms with Crippen LogP contribution in [0.15, 0.2) is 83.3 Å². The number of rotatable bonds is 5. The zero-order chi connectivity index (χ0) is 21.8. The Kier molecular flexibility index (Phi) is 6.73. The number of carbonyl (C=O) groups is 1. The van der Waals surface area contributed by atoms with Crippen molar-refractivity contribution >= 4 is 27.5 Å². The van der Waals surface area contributed by atoms with Gasteiger partial charge < -0.3 is 9.80 Å². The lowest BCUT2D eigenvalue weighted by molar-refractivity contribution is 0.0597. The second-order valence-corrected chi connectivity index (χ2v) is 9.05. The molecule has 5 heteroatoms. The number of piperazine rings is 1. The first-order valence-corrected chi connectivity index (χ1v) is 11.4. The van der Waals surface area contributed by atoms with Crippen LogP contribution < -0.4 is 4.90 Å². The minimum absolute atomic E-state index is 0.114. The van der Waals surface area contributed by atoms with Gasteiger partial charge in [0.25, 0.3) is 5.91 Å². The van der Waals surface area contributed by atoms with Gasteiger partial charge in [-0.15, -0.1) is 0 Å². The molecule has 3 aromatic rings. The summed E-state index contributed by atoms with van der Waals surface area (Å²) in [5, 5.41) is 0. The maximum Gasteiger partial charge on any atom is 0.254 e. The van der Waals surface area contributed by atoms with E-state index in [1.165, 1.54) is 11.1 Å². The maximum absolute atomic E-state index is 13.1. The van der Waals surface area contributed by atoms with Gasteiger partial charge in [0.2, 0.25) is 0 Å². The van der Waals surface area contributed by atoms with E-state index >= 15 is 0 Å². The van der Waals surface area contributed by atoms with Crippen molar-refractivity contribution in [1.29, 1.82) is 0 Å². The van der Waals surface area contributed by atoms with E-state index in [-0.39, 0.29) is 11.9 Å². The van der Waals surface area contributed by atoms with Crippen LogP contribution in [0.2, 0.25) is 0 Å². The number of hydrogen-bond acceptors (Lipinski definition) is 3. The Bertz CT molecular complexity index is 1010. The summed E-state index contributed by atoms with van der Waals surface area (Å²) in [6.45, 7) is 3.14. The number of benzene rings is 3. The lowest BCUT2D eigenvalue weighted by Gasteiger charge is -2.40. The van der Waals surface area contributed by atoms with Crippen LogP contribution in [0.5, 0.6) is 0 Å². The number of nitrogens with zero attached hydrogens (tertiary/aromatic N) is 3. The average molecular weight is 478 g/mol. The quantitative estimate of drug-likeness (QED) is 0.513. The fourth-order valence-electron chi connectivity index (χ4n) is 4.18. The number of amides is 1. The van der Waals surface area contributed by atoms with Crippen LogP contribution in [0, 0.1) is 0 Å². The Morgan fingerprint density at radius 1 is 0.839 bits per heavy atom. The van der Waals surface area contributed by atoms with Crippen LogP contribution >= 0.6 is 15.9 Å². The van der Waals surface area contributed by atoms with Crippen molar-refractivity contribution in [2.24, 2.45) is 0 Å². The highest BCUT2D eigenvalue weighted by atomic mass is 79.9. The fraction of sp³-hybridized carbons (Fsp3) is 0.269. The van der Waals surface area contributed by atoms with E-state index in [4.69, 9.17) is 0 Å². The molecule has 0 unspecified atom stereocenters. The van der Waals surface area contributed by atoms with Gasteiger partial charge in [0.1, 0.15) is 0 Å². The van der Waals surface area contributed by atoms with Gasteiger partial charge in [-0.3, -0.25) is 9.69 Å². The number of anilines is 1. The van der Waals surface area contributed by atoms with E-state index in [1.54, 1.807) is 0 Å². The van der Waals surface area contributed by atoms with E-state index < -0.39 is 0 Å². The van der Waals surface area contributed by atoms with Crippen molar-refractivity contribution in [3.8, 4) is 0 Å². The second kappa shape index (κ2) is 9.67. The summed E-state index contributed by atoms with van der Waals surface area (Å²) in [5.41, 5.74) is 4.35. The molecule has 3 aromatic carbocycles. The molecule has 1 atom stereocenters. The summed E-state index contributed by atoms with van der Waals surface area (Å²) in [7, 11) is 3.99. The van der Waals surface area contributed by atoms with Gasteiger partial charge in [0.15, 0.2) is 0 Å².